The number of ether oxygens (including phenoxy) is 1. The van der Waals surface area contributed by atoms with E-state index in [0.717, 1.165) is 11.3 Å². The van der Waals surface area contributed by atoms with Crippen LogP contribution in [0.5, 0.6) is 5.75 Å². The monoisotopic (exact) mass is 425 g/mol. The van der Waals surface area contributed by atoms with Crippen molar-refractivity contribution in [1.29, 1.82) is 0 Å². The van der Waals surface area contributed by atoms with Crippen molar-refractivity contribution in [3.63, 3.8) is 0 Å². The van der Waals surface area contributed by atoms with E-state index in [1.807, 2.05) is 0 Å². The molecule has 2 heterocycles. The predicted molar refractivity (Wildman–Crippen MR) is 104 cm³/mol. The van der Waals surface area contributed by atoms with Gasteiger partial charge in [-0.05, 0) is 30.4 Å². The number of amides is 1. The number of non-ortho nitro benzene ring substituents is 1. The number of thiophene rings is 1. The van der Waals surface area contributed by atoms with Gasteiger partial charge < -0.3 is 10.1 Å². The van der Waals surface area contributed by atoms with Crippen molar-refractivity contribution in [3.8, 4) is 5.75 Å². The van der Waals surface area contributed by atoms with Crippen molar-refractivity contribution in [1.82, 2.24) is 4.31 Å². The summed E-state index contributed by atoms with van der Waals surface area (Å²) < 4.78 is 32.1. The van der Waals surface area contributed by atoms with Crippen LogP contribution in [0, 0.1) is 16.0 Å². The zero-order valence-electron chi connectivity index (χ0n) is 15.0. The standard InChI is InChI=1S/C17H19N3O6S2/c1-26-15-10-13(20(22)23)6-7-14(15)18-17(21)12-4-2-8-19(11-12)28(24,25)16-5-3-9-27-16/h3,5-7,9-10,12H,2,4,8,11H2,1H3,(H,18,21). The molecule has 2 aromatic rings. The van der Waals surface area contributed by atoms with Gasteiger partial charge in [0.2, 0.25) is 5.91 Å². The predicted octanol–water partition coefficient (Wildman–Crippen LogP) is 2.70. The minimum Gasteiger partial charge on any atom is -0.494 e. The summed E-state index contributed by atoms with van der Waals surface area (Å²) in [7, 11) is -2.26. The van der Waals surface area contributed by atoms with Crippen molar-refractivity contribution >= 4 is 38.6 Å². The summed E-state index contributed by atoms with van der Waals surface area (Å²) in [6.07, 6.45) is 1.12. The number of sulfonamides is 1. The van der Waals surface area contributed by atoms with E-state index in [-0.39, 0.29) is 28.1 Å². The van der Waals surface area contributed by atoms with Crippen LogP contribution >= 0.6 is 11.3 Å². The first-order valence-electron chi connectivity index (χ1n) is 8.50. The molecule has 1 saturated heterocycles. The lowest BCUT2D eigenvalue weighted by molar-refractivity contribution is -0.384. The summed E-state index contributed by atoms with van der Waals surface area (Å²) in [6, 6.07) is 7.12. The lowest BCUT2D eigenvalue weighted by Gasteiger charge is -2.30. The van der Waals surface area contributed by atoms with Crippen LogP contribution in [0.25, 0.3) is 0 Å². The molecule has 3 rings (SSSR count). The average molecular weight is 425 g/mol. The summed E-state index contributed by atoms with van der Waals surface area (Å²) in [6.45, 7) is 0.451. The Balaban J connectivity index is 1.74. The number of benzene rings is 1. The highest BCUT2D eigenvalue weighted by molar-refractivity contribution is 7.91. The summed E-state index contributed by atoms with van der Waals surface area (Å²) in [5, 5.41) is 15.3. The van der Waals surface area contributed by atoms with Crippen LogP contribution in [0.2, 0.25) is 0 Å². The van der Waals surface area contributed by atoms with Gasteiger partial charge in [-0.3, -0.25) is 14.9 Å². The van der Waals surface area contributed by atoms with Crippen LogP contribution in [-0.2, 0) is 14.8 Å². The maximum atomic E-state index is 12.7. The molecule has 9 nitrogen and oxygen atoms in total. The van der Waals surface area contributed by atoms with E-state index in [0.29, 0.717) is 25.1 Å². The third-order valence-electron chi connectivity index (χ3n) is 4.50. The number of methoxy groups -OCH3 is 1. The molecule has 1 aliphatic heterocycles. The minimum absolute atomic E-state index is 0.0847. The van der Waals surface area contributed by atoms with E-state index in [9.17, 15) is 23.3 Å². The van der Waals surface area contributed by atoms with Crippen LogP contribution < -0.4 is 10.1 Å². The van der Waals surface area contributed by atoms with Crippen LogP contribution in [0.15, 0.2) is 39.9 Å². The van der Waals surface area contributed by atoms with Gasteiger partial charge in [-0.15, -0.1) is 11.3 Å². The Bertz CT molecular complexity index is 975. The highest BCUT2D eigenvalue weighted by atomic mass is 32.2. The van der Waals surface area contributed by atoms with Crippen LogP contribution in [0.3, 0.4) is 0 Å². The normalized spacial score (nSPS) is 17.8. The molecule has 1 N–H and O–H groups in total. The summed E-state index contributed by atoms with van der Waals surface area (Å²) in [5.74, 6) is -0.706. The molecular weight excluding hydrogens is 406 g/mol. The van der Waals surface area contributed by atoms with E-state index in [1.54, 1.807) is 17.5 Å². The lowest BCUT2D eigenvalue weighted by atomic mass is 9.98. The van der Waals surface area contributed by atoms with E-state index in [2.05, 4.69) is 5.32 Å². The van der Waals surface area contributed by atoms with Gasteiger partial charge >= 0.3 is 0 Å². The first kappa shape index (κ1) is 20.2. The van der Waals surface area contributed by atoms with Crippen molar-refractivity contribution in [3.05, 3.63) is 45.8 Å². The molecule has 28 heavy (non-hydrogen) atoms. The van der Waals surface area contributed by atoms with Gasteiger partial charge in [-0.1, -0.05) is 6.07 Å². The lowest BCUT2D eigenvalue weighted by Crippen LogP contribution is -2.43. The number of nitro benzene ring substituents is 1. The second-order valence-corrected chi connectivity index (χ2v) is 9.38. The van der Waals surface area contributed by atoms with Gasteiger partial charge in [0.25, 0.3) is 15.7 Å². The first-order valence-corrected chi connectivity index (χ1v) is 10.8. The van der Waals surface area contributed by atoms with Gasteiger partial charge in [0, 0.05) is 19.2 Å². The fourth-order valence-electron chi connectivity index (χ4n) is 3.04. The third-order valence-corrected chi connectivity index (χ3v) is 7.74. The maximum Gasteiger partial charge on any atom is 0.273 e. The van der Waals surface area contributed by atoms with Crippen molar-refractivity contribution < 1.29 is 22.9 Å². The number of nitrogens with zero attached hydrogens (tertiary/aromatic N) is 2. The van der Waals surface area contributed by atoms with Gasteiger partial charge in [0.15, 0.2) is 0 Å². The summed E-state index contributed by atoms with van der Waals surface area (Å²) in [5.41, 5.74) is 0.150. The fraction of sp³-hybridized carbons (Fsp3) is 0.353. The van der Waals surface area contributed by atoms with Crippen LogP contribution in [0.1, 0.15) is 12.8 Å². The molecule has 1 unspecified atom stereocenters. The maximum absolute atomic E-state index is 12.7. The molecule has 11 heteroatoms. The Hall–Kier alpha value is -2.50. The number of carbonyl (C=O) groups is 1. The molecule has 1 fully saturated rings. The minimum atomic E-state index is -3.61. The molecule has 1 aromatic heterocycles. The Morgan fingerprint density at radius 1 is 1.39 bits per heavy atom. The van der Waals surface area contributed by atoms with Crippen LogP contribution in [0.4, 0.5) is 11.4 Å². The largest absolute Gasteiger partial charge is 0.494 e. The number of nitrogens with one attached hydrogen (secondary N) is 1. The third kappa shape index (κ3) is 4.16. The molecule has 1 amide bonds. The zero-order valence-corrected chi connectivity index (χ0v) is 16.7. The SMILES string of the molecule is COc1cc([N+](=O)[O-])ccc1NC(=O)C1CCCN(S(=O)(=O)c2cccs2)C1. The molecule has 0 aliphatic carbocycles. The number of hydrogen-bond donors (Lipinski definition) is 1. The number of anilines is 1. The van der Waals surface area contributed by atoms with E-state index in [1.165, 1.54) is 29.6 Å². The number of carbonyl (C=O) groups excluding carboxylic acids is 1. The van der Waals surface area contributed by atoms with Crippen molar-refractivity contribution in [2.75, 3.05) is 25.5 Å². The Kier molecular flexibility index (Phi) is 5.96. The van der Waals surface area contributed by atoms with E-state index >= 15 is 0 Å². The van der Waals surface area contributed by atoms with Gasteiger partial charge in [0.1, 0.15) is 9.96 Å². The number of hydrogen-bond acceptors (Lipinski definition) is 7. The summed E-state index contributed by atoms with van der Waals surface area (Å²) >= 11 is 1.14. The molecule has 0 saturated carbocycles. The second-order valence-electron chi connectivity index (χ2n) is 6.27. The molecule has 150 valence electrons. The first-order chi connectivity index (χ1) is 13.3. The molecule has 0 bridgehead atoms. The topological polar surface area (TPSA) is 119 Å². The van der Waals surface area contributed by atoms with Gasteiger partial charge in [-0.2, -0.15) is 4.31 Å². The second kappa shape index (κ2) is 8.25. The number of rotatable bonds is 6. The number of piperidine rings is 1. The molecule has 1 atom stereocenters. The smallest absolute Gasteiger partial charge is 0.273 e. The molecule has 1 aromatic carbocycles. The highest BCUT2D eigenvalue weighted by Gasteiger charge is 2.34. The molecular formula is C17H19N3O6S2. The Morgan fingerprint density at radius 2 is 2.18 bits per heavy atom. The zero-order chi connectivity index (χ0) is 20.3. The molecule has 0 radical (unpaired) electrons. The fourth-order valence-corrected chi connectivity index (χ4v) is 5.71. The van der Waals surface area contributed by atoms with Crippen molar-refractivity contribution in [2.24, 2.45) is 5.92 Å². The quantitative estimate of drug-likeness (QED) is 0.561. The summed E-state index contributed by atoms with van der Waals surface area (Å²) in [4.78, 5) is 23.0. The van der Waals surface area contributed by atoms with Crippen LogP contribution in [-0.4, -0.2) is 43.8 Å². The van der Waals surface area contributed by atoms with E-state index < -0.39 is 20.9 Å². The van der Waals surface area contributed by atoms with Gasteiger partial charge in [0.05, 0.1) is 29.7 Å². The Morgan fingerprint density at radius 3 is 2.82 bits per heavy atom. The number of nitro groups is 1. The van der Waals surface area contributed by atoms with Gasteiger partial charge in [-0.25, -0.2) is 8.42 Å². The Labute approximate surface area is 166 Å². The van der Waals surface area contributed by atoms with E-state index in [4.69, 9.17) is 4.74 Å². The molecule has 1 aliphatic rings. The molecule has 0 spiro atoms. The average Bonchev–Trinajstić information content (AvgIpc) is 3.24. The highest BCUT2D eigenvalue weighted by Crippen LogP contribution is 2.31. The van der Waals surface area contributed by atoms with Crippen molar-refractivity contribution in [2.45, 2.75) is 17.1 Å².